The summed E-state index contributed by atoms with van der Waals surface area (Å²) >= 11 is 0. The molecule has 0 unspecified atom stereocenters. The summed E-state index contributed by atoms with van der Waals surface area (Å²) in [6.45, 7) is 6.00. The van der Waals surface area contributed by atoms with Gasteiger partial charge in [0.05, 0.1) is 23.4 Å². The number of hydrogen-bond acceptors (Lipinski definition) is 7. The van der Waals surface area contributed by atoms with Gasteiger partial charge in [-0.05, 0) is 32.0 Å². The van der Waals surface area contributed by atoms with E-state index in [0.29, 0.717) is 4.90 Å². The van der Waals surface area contributed by atoms with Crippen LogP contribution in [0.1, 0.15) is 24.2 Å². The number of anilines is 1. The number of carboxylic acids is 1. The lowest BCUT2D eigenvalue weighted by Crippen LogP contribution is -2.34. The molecule has 0 saturated heterocycles. The highest BCUT2D eigenvalue weighted by Crippen LogP contribution is 2.30. The smallest absolute Gasteiger partial charge is 0.340 e. The van der Waals surface area contributed by atoms with Crippen molar-refractivity contribution in [2.75, 3.05) is 11.4 Å². The topological polar surface area (TPSA) is 138 Å². The lowest BCUT2D eigenvalue weighted by atomic mass is 10.1. The summed E-state index contributed by atoms with van der Waals surface area (Å²) in [6.07, 6.45) is 2.22. The predicted octanol–water partition coefficient (Wildman–Crippen LogP) is 0.981. The second-order valence-electron chi connectivity index (χ2n) is 6.84. The van der Waals surface area contributed by atoms with E-state index in [1.165, 1.54) is 19.9 Å². The first-order valence-electron chi connectivity index (χ1n) is 8.89. The van der Waals surface area contributed by atoms with Crippen molar-refractivity contribution >= 4 is 41.3 Å². The van der Waals surface area contributed by atoms with E-state index in [1.807, 2.05) is 0 Å². The van der Waals surface area contributed by atoms with Gasteiger partial charge in [-0.3, -0.25) is 24.1 Å². The third kappa shape index (κ3) is 3.90. The zero-order valence-electron chi connectivity index (χ0n) is 16.5. The third-order valence-electron chi connectivity index (χ3n) is 4.58. The van der Waals surface area contributed by atoms with Crippen LogP contribution in [0.25, 0.3) is 0 Å². The van der Waals surface area contributed by atoms with Crippen molar-refractivity contribution in [2.45, 2.75) is 13.8 Å². The van der Waals surface area contributed by atoms with Crippen molar-refractivity contribution in [1.29, 1.82) is 0 Å². The maximum absolute atomic E-state index is 12.3. The van der Waals surface area contributed by atoms with Crippen LogP contribution in [0.5, 0.6) is 5.75 Å². The Bertz CT molecular complexity index is 1160. The molecular weight excluding hydrogens is 408 g/mol. The largest absolute Gasteiger partial charge is 0.478 e. The van der Waals surface area contributed by atoms with Gasteiger partial charge in [0.25, 0.3) is 23.6 Å². The van der Waals surface area contributed by atoms with Crippen LogP contribution in [0.2, 0.25) is 0 Å². The first-order chi connectivity index (χ1) is 14.5. The Kier molecular flexibility index (Phi) is 5.39. The minimum atomic E-state index is -1.45. The van der Waals surface area contributed by atoms with E-state index in [-0.39, 0.29) is 28.2 Å². The lowest BCUT2D eigenvalue weighted by Gasteiger charge is -2.18. The summed E-state index contributed by atoms with van der Waals surface area (Å²) in [5.74, 6) is -5.11. The number of nitrogens with zero attached hydrogens (tertiary/aromatic N) is 2. The number of aromatic carboxylic acids is 1. The molecule has 0 spiro atoms. The van der Waals surface area contributed by atoms with E-state index < -0.39 is 47.7 Å². The van der Waals surface area contributed by atoms with E-state index in [0.717, 1.165) is 29.2 Å². The van der Waals surface area contributed by atoms with Gasteiger partial charge in [0.1, 0.15) is 5.75 Å². The fourth-order valence-corrected chi connectivity index (χ4v) is 2.98. The maximum atomic E-state index is 12.3. The molecule has 2 aliphatic rings. The van der Waals surface area contributed by atoms with Gasteiger partial charge in [0.2, 0.25) is 0 Å². The lowest BCUT2D eigenvalue weighted by molar-refractivity contribution is -0.137. The molecule has 4 amide bonds. The molecule has 0 fully saturated rings. The number of amides is 4. The zero-order valence-corrected chi connectivity index (χ0v) is 16.5. The molecule has 0 radical (unpaired) electrons. The minimum absolute atomic E-state index is 0.156. The molecule has 158 valence electrons. The average Bonchev–Trinajstić information content (AvgIpc) is 3.09. The molecule has 0 bridgehead atoms. The third-order valence-corrected chi connectivity index (χ3v) is 4.58. The van der Waals surface area contributed by atoms with Gasteiger partial charge in [0, 0.05) is 23.3 Å². The van der Waals surface area contributed by atoms with E-state index in [1.54, 1.807) is 0 Å². The highest BCUT2D eigenvalue weighted by Gasteiger charge is 2.33. The van der Waals surface area contributed by atoms with Gasteiger partial charge in [-0.2, -0.15) is 0 Å². The molecule has 10 heteroatoms. The van der Waals surface area contributed by atoms with Crippen LogP contribution >= 0.6 is 0 Å². The van der Waals surface area contributed by atoms with Crippen molar-refractivity contribution in [1.82, 2.24) is 4.90 Å². The Labute approximate surface area is 175 Å². The molecule has 31 heavy (non-hydrogen) atoms. The van der Waals surface area contributed by atoms with Crippen LogP contribution in [-0.2, 0) is 24.0 Å². The Hall–Kier alpha value is -4.34. The van der Waals surface area contributed by atoms with Crippen LogP contribution in [0.4, 0.5) is 5.69 Å². The first kappa shape index (κ1) is 21.4. The molecule has 3 rings (SSSR count). The van der Waals surface area contributed by atoms with Crippen LogP contribution in [0.15, 0.2) is 53.6 Å². The van der Waals surface area contributed by atoms with Crippen LogP contribution in [0, 0.1) is 0 Å². The summed E-state index contributed by atoms with van der Waals surface area (Å²) in [5.41, 5.74) is -0.447. The highest BCUT2D eigenvalue weighted by molar-refractivity contribution is 6.31. The molecule has 1 aromatic carbocycles. The quantitative estimate of drug-likeness (QED) is 0.309. The number of benzene rings is 1. The van der Waals surface area contributed by atoms with Gasteiger partial charge in [-0.15, -0.1) is 0 Å². The van der Waals surface area contributed by atoms with Crippen LogP contribution in [-0.4, -0.2) is 52.1 Å². The Morgan fingerprint density at radius 3 is 2.13 bits per heavy atom. The molecule has 1 aromatic rings. The maximum Gasteiger partial charge on any atom is 0.340 e. The minimum Gasteiger partial charge on any atom is -0.478 e. The standard InChI is InChI=1S/C21H16N2O8/c1-10-6-16(24)22(18(10)26)9-12(3)21(30)31-13-4-5-15(14(8-13)20(28)29)23-17(25)7-11(2)19(23)27/h4-8H,3,9H2,1-2H3,(H,28,29). The number of imide groups is 2. The Morgan fingerprint density at radius 2 is 1.61 bits per heavy atom. The predicted molar refractivity (Wildman–Crippen MR) is 105 cm³/mol. The second-order valence-corrected chi connectivity index (χ2v) is 6.84. The summed E-state index contributed by atoms with van der Waals surface area (Å²) < 4.78 is 5.10. The Morgan fingerprint density at radius 1 is 1.00 bits per heavy atom. The number of carbonyl (C=O) groups is 6. The van der Waals surface area contributed by atoms with Crippen LogP contribution < -0.4 is 9.64 Å². The number of rotatable bonds is 6. The molecular formula is C21H16N2O8. The zero-order chi connectivity index (χ0) is 23.0. The number of esters is 1. The normalized spacial score (nSPS) is 15.9. The SMILES string of the molecule is C=C(CN1C(=O)C=C(C)C1=O)C(=O)Oc1ccc(N2C(=O)C=C(C)C2=O)c(C(=O)O)c1. The number of carboxylic acid groups (broad SMARTS) is 1. The average molecular weight is 424 g/mol. The van der Waals surface area contributed by atoms with E-state index in [2.05, 4.69) is 6.58 Å². The van der Waals surface area contributed by atoms with Crippen molar-refractivity contribution < 1.29 is 38.6 Å². The summed E-state index contributed by atoms with van der Waals surface area (Å²) in [7, 11) is 0. The summed E-state index contributed by atoms with van der Waals surface area (Å²) in [5, 5.41) is 9.49. The Balaban J connectivity index is 1.78. The highest BCUT2D eigenvalue weighted by atomic mass is 16.5. The molecule has 0 aromatic heterocycles. The first-order valence-corrected chi connectivity index (χ1v) is 8.89. The molecule has 0 saturated carbocycles. The van der Waals surface area contributed by atoms with Gasteiger partial charge in [-0.25, -0.2) is 14.5 Å². The van der Waals surface area contributed by atoms with Crippen molar-refractivity contribution in [3.05, 3.63) is 59.2 Å². The van der Waals surface area contributed by atoms with Crippen molar-refractivity contribution in [2.24, 2.45) is 0 Å². The van der Waals surface area contributed by atoms with E-state index in [9.17, 15) is 33.9 Å². The monoisotopic (exact) mass is 424 g/mol. The summed E-state index contributed by atoms with van der Waals surface area (Å²) in [6, 6.07) is 3.35. The van der Waals surface area contributed by atoms with Gasteiger partial charge in [-0.1, -0.05) is 6.58 Å². The molecule has 10 nitrogen and oxygen atoms in total. The fourth-order valence-electron chi connectivity index (χ4n) is 2.98. The molecule has 2 aliphatic heterocycles. The van der Waals surface area contributed by atoms with Gasteiger partial charge < -0.3 is 9.84 Å². The fraction of sp³-hybridized carbons (Fsp3) is 0.143. The van der Waals surface area contributed by atoms with Crippen molar-refractivity contribution in [3.63, 3.8) is 0 Å². The molecule has 0 atom stereocenters. The van der Waals surface area contributed by atoms with E-state index in [4.69, 9.17) is 4.74 Å². The number of ether oxygens (including phenoxy) is 1. The van der Waals surface area contributed by atoms with Crippen LogP contribution in [0.3, 0.4) is 0 Å². The molecule has 0 aliphatic carbocycles. The number of hydrogen-bond donors (Lipinski definition) is 1. The van der Waals surface area contributed by atoms with Gasteiger partial charge in [0.15, 0.2) is 0 Å². The van der Waals surface area contributed by atoms with E-state index >= 15 is 0 Å². The molecule has 2 heterocycles. The second kappa shape index (κ2) is 7.82. The summed E-state index contributed by atoms with van der Waals surface area (Å²) in [4.78, 5) is 73.4. The van der Waals surface area contributed by atoms with Gasteiger partial charge >= 0.3 is 11.9 Å². The van der Waals surface area contributed by atoms with Crippen molar-refractivity contribution in [3.8, 4) is 5.75 Å². The molecule has 1 N–H and O–H groups in total. The number of carbonyl (C=O) groups excluding carboxylic acids is 5.